The first-order valence-electron chi connectivity index (χ1n) is 7.43. The fourth-order valence-corrected chi connectivity index (χ4v) is 2.31. The molecular formula is C15H23F3O6S. The Labute approximate surface area is 145 Å². The van der Waals surface area contributed by atoms with Gasteiger partial charge in [0.2, 0.25) is 0 Å². The SMILES string of the molecule is CC(O)CCO.CC(O)CCOS(=O)(=O)c1ccc(C(F)(F)F)cc1. The molecule has 0 aliphatic rings. The number of benzene rings is 1. The minimum absolute atomic E-state index is 0.0810. The Hall–Kier alpha value is -1.20. The molecule has 0 aliphatic carbocycles. The number of hydrogen-bond acceptors (Lipinski definition) is 6. The second-order valence-corrected chi connectivity index (χ2v) is 6.91. The van der Waals surface area contributed by atoms with Crippen molar-refractivity contribution in [3.05, 3.63) is 29.8 Å². The lowest BCUT2D eigenvalue weighted by Gasteiger charge is -2.09. The van der Waals surface area contributed by atoms with Crippen LogP contribution in [0, 0.1) is 0 Å². The Morgan fingerprint density at radius 3 is 1.84 bits per heavy atom. The first kappa shape index (κ1) is 23.8. The van der Waals surface area contributed by atoms with Crippen LogP contribution in [0.1, 0.15) is 32.3 Å². The molecule has 1 aromatic rings. The fraction of sp³-hybridized carbons (Fsp3) is 0.600. The highest BCUT2D eigenvalue weighted by Crippen LogP contribution is 2.29. The van der Waals surface area contributed by atoms with E-state index in [2.05, 4.69) is 4.18 Å². The van der Waals surface area contributed by atoms with Crippen molar-refractivity contribution in [2.75, 3.05) is 13.2 Å². The van der Waals surface area contributed by atoms with Crippen LogP contribution in [0.25, 0.3) is 0 Å². The zero-order chi connectivity index (χ0) is 19.7. The van der Waals surface area contributed by atoms with Gasteiger partial charge in [0.15, 0.2) is 0 Å². The average Bonchev–Trinajstić information content (AvgIpc) is 2.46. The highest BCUT2D eigenvalue weighted by molar-refractivity contribution is 7.86. The van der Waals surface area contributed by atoms with E-state index in [0.29, 0.717) is 18.6 Å². The van der Waals surface area contributed by atoms with Crippen LogP contribution in [-0.4, -0.2) is 49.2 Å². The van der Waals surface area contributed by atoms with Gasteiger partial charge in [-0.1, -0.05) is 0 Å². The summed E-state index contributed by atoms with van der Waals surface area (Å²) in [4.78, 5) is -0.355. The van der Waals surface area contributed by atoms with E-state index in [-0.39, 0.29) is 30.6 Å². The van der Waals surface area contributed by atoms with Crippen molar-refractivity contribution in [2.45, 2.75) is 50.0 Å². The van der Waals surface area contributed by atoms with Crippen molar-refractivity contribution < 1.29 is 41.1 Å². The van der Waals surface area contributed by atoms with Crippen LogP contribution < -0.4 is 0 Å². The standard InChI is InChI=1S/C11H13F3O4S.C4H10O2/c1-8(15)6-7-18-19(16,17)10-4-2-9(3-5-10)11(12,13)14;1-4(6)2-3-5/h2-5,8,15H,6-7H2,1H3;4-6H,2-3H2,1H3. The molecule has 0 aliphatic heterocycles. The van der Waals surface area contributed by atoms with E-state index in [9.17, 15) is 21.6 Å². The third-order valence-corrected chi connectivity index (χ3v) is 4.12. The molecule has 0 spiro atoms. The molecule has 1 aromatic carbocycles. The lowest BCUT2D eigenvalue weighted by molar-refractivity contribution is -0.137. The third-order valence-electron chi connectivity index (χ3n) is 2.79. The highest BCUT2D eigenvalue weighted by atomic mass is 32.2. The fourth-order valence-electron chi connectivity index (χ4n) is 1.39. The van der Waals surface area contributed by atoms with E-state index < -0.39 is 28.0 Å². The summed E-state index contributed by atoms with van der Waals surface area (Å²) < 4.78 is 64.7. The van der Waals surface area contributed by atoms with Crippen LogP contribution in [0.5, 0.6) is 0 Å². The second kappa shape index (κ2) is 10.7. The van der Waals surface area contributed by atoms with Crippen molar-refractivity contribution >= 4 is 10.1 Å². The smallest absolute Gasteiger partial charge is 0.396 e. The van der Waals surface area contributed by atoms with E-state index >= 15 is 0 Å². The summed E-state index contributed by atoms with van der Waals surface area (Å²) in [6, 6.07) is 3.01. The summed E-state index contributed by atoms with van der Waals surface area (Å²) in [6.07, 6.45) is -4.99. The molecule has 2 unspecified atom stereocenters. The van der Waals surface area contributed by atoms with Gasteiger partial charge in [0.05, 0.1) is 29.3 Å². The van der Waals surface area contributed by atoms with E-state index in [4.69, 9.17) is 15.3 Å². The lowest BCUT2D eigenvalue weighted by Crippen LogP contribution is -2.12. The van der Waals surface area contributed by atoms with Gasteiger partial charge in [-0.2, -0.15) is 21.6 Å². The summed E-state index contributed by atoms with van der Waals surface area (Å²) in [5.41, 5.74) is -0.935. The monoisotopic (exact) mass is 388 g/mol. The molecule has 3 N–H and O–H groups in total. The maximum absolute atomic E-state index is 12.3. The number of aliphatic hydroxyl groups excluding tert-OH is 3. The van der Waals surface area contributed by atoms with Crippen molar-refractivity contribution in [1.29, 1.82) is 0 Å². The van der Waals surface area contributed by atoms with Crippen LogP contribution >= 0.6 is 0 Å². The van der Waals surface area contributed by atoms with E-state index in [1.54, 1.807) is 6.92 Å². The van der Waals surface area contributed by atoms with Gasteiger partial charge in [0, 0.05) is 6.61 Å². The molecule has 146 valence electrons. The quantitative estimate of drug-likeness (QED) is 0.617. The van der Waals surface area contributed by atoms with Crippen molar-refractivity contribution in [3.63, 3.8) is 0 Å². The molecule has 10 heteroatoms. The van der Waals surface area contributed by atoms with Crippen LogP contribution in [0.3, 0.4) is 0 Å². The number of halogens is 3. The molecule has 25 heavy (non-hydrogen) atoms. The molecule has 1 rings (SSSR count). The van der Waals surface area contributed by atoms with Crippen molar-refractivity contribution in [3.8, 4) is 0 Å². The van der Waals surface area contributed by atoms with Crippen LogP contribution in [0.2, 0.25) is 0 Å². The molecule has 0 fully saturated rings. The summed E-state index contributed by atoms with van der Waals surface area (Å²) in [5, 5.41) is 25.4. The molecule has 0 saturated heterocycles. The molecule has 0 heterocycles. The number of alkyl halides is 3. The minimum atomic E-state index is -4.52. The van der Waals surface area contributed by atoms with Crippen LogP contribution in [0.4, 0.5) is 13.2 Å². The molecule has 0 saturated carbocycles. The molecule has 2 atom stereocenters. The maximum atomic E-state index is 12.3. The second-order valence-electron chi connectivity index (χ2n) is 5.30. The first-order chi connectivity index (χ1) is 11.4. The van der Waals surface area contributed by atoms with Gasteiger partial charge < -0.3 is 15.3 Å². The number of rotatable bonds is 7. The predicted octanol–water partition coefficient (Wildman–Crippen LogP) is 1.93. The average molecular weight is 388 g/mol. The van der Waals surface area contributed by atoms with Gasteiger partial charge in [-0.05, 0) is 51.0 Å². The topological polar surface area (TPSA) is 104 Å². The normalized spacial score (nSPS) is 14.4. The first-order valence-corrected chi connectivity index (χ1v) is 8.84. The van der Waals surface area contributed by atoms with Gasteiger partial charge >= 0.3 is 6.18 Å². The Morgan fingerprint density at radius 2 is 1.52 bits per heavy atom. The lowest BCUT2D eigenvalue weighted by atomic mass is 10.2. The molecule has 0 bridgehead atoms. The number of hydrogen-bond donors (Lipinski definition) is 3. The Kier molecular flexibility index (Phi) is 10.2. The summed E-state index contributed by atoms with van der Waals surface area (Å²) in [5.74, 6) is 0. The predicted molar refractivity (Wildman–Crippen MR) is 84.3 cm³/mol. The Bertz CT molecular complexity index is 582. The van der Waals surface area contributed by atoms with E-state index in [1.807, 2.05) is 0 Å². The third kappa shape index (κ3) is 10.4. The molecular weight excluding hydrogens is 365 g/mol. The Balaban J connectivity index is 0.000000823. The summed E-state index contributed by atoms with van der Waals surface area (Å²) >= 11 is 0. The summed E-state index contributed by atoms with van der Waals surface area (Å²) in [7, 11) is -4.10. The molecule has 0 amide bonds. The zero-order valence-electron chi connectivity index (χ0n) is 13.9. The molecule has 6 nitrogen and oxygen atoms in total. The minimum Gasteiger partial charge on any atom is -0.396 e. The van der Waals surface area contributed by atoms with E-state index in [0.717, 1.165) is 12.1 Å². The van der Waals surface area contributed by atoms with Gasteiger partial charge in [0.25, 0.3) is 10.1 Å². The summed E-state index contributed by atoms with van der Waals surface area (Å²) in [6.45, 7) is 2.96. The van der Waals surface area contributed by atoms with Crippen molar-refractivity contribution in [2.24, 2.45) is 0 Å². The van der Waals surface area contributed by atoms with Gasteiger partial charge in [-0.25, -0.2) is 0 Å². The van der Waals surface area contributed by atoms with Gasteiger partial charge in [-0.3, -0.25) is 4.18 Å². The van der Waals surface area contributed by atoms with Gasteiger partial charge in [-0.15, -0.1) is 0 Å². The number of aliphatic hydroxyl groups is 3. The van der Waals surface area contributed by atoms with Gasteiger partial charge in [0.1, 0.15) is 0 Å². The largest absolute Gasteiger partial charge is 0.416 e. The van der Waals surface area contributed by atoms with Crippen LogP contribution in [-0.2, 0) is 20.5 Å². The zero-order valence-corrected chi connectivity index (χ0v) is 14.7. The molecule has 0 aromatic heterocycles. The van der Waals surface area contributed by atoms with Crippen LogP contribution in [0.15, 0.2) is 29.2 Å². The molecule has 0 radical (unpaired) electrons. The van der Waals surface area contributed by atoms with Crippen molar-refractivity contribution in [1.82, 2.24) is 0 Å². The Morgan fingerprint density at radius 1 is 1.04 bits per heavy atom. The van der Waals surface area contributed by atoms with E-state index in [1.165, 1.54) is 6.92 Å². The maximum Gasteiger partial charge on any atom is 0.416 e. The highest BCUT2D eigenvalue weighted by Gasteiger charge is 2.30.